The summed E-state index contributed by atoms with van der Waals surface area (Å²) in [6, 6.07) is 6.46. The van der Waals surface area contributed by atoms with Crippen molar-refractivity contribution in [2.75, 3.05) is 32.7 Å². The molecule has 0 bridgehead atoms. The fourth-order valence-corrected chi connectivity index (χ4v) is 4.28. The van der Waals surface area contributed by atoms with E-state index in [1.807, 2.05) is 6.20 Å². The van der Waals surface area contributed by atoms with Crippen LogP contribution in [0.3, 0.4) is 0 Å². The third-order valence-electron chi connectivity index (χ3n) is 5.62. The molecule has 0 radical (unpaired) electrons. The Kier molecular flexibility index (Phi) is 5.07. The van der Waals surface area contributed by atoms with E-state index in [2.05, 4.69) is 20.0 Å². The summed E-state index contributed by atoms with van der Waals surface area (Å²) in [5.41, 5.74) is 2.33. The van der Waals surface area contributed by atoms with E-state index >= 15 is 0 Å². The van der Waals surface area contributed by atoms with Gasteiger partial charge in [-0.25, -0.2) is 4.39 Å². The molecule has 2 N–H and O–H groups in total. The molecule has 2 aliphatic heterocycles. The summed E-state index contributed by atoms with van der Waals surface area (Å²) < 4.78 is 13.2. The second-order valence-corrected chi connectivity index (χ2v) is 7.80. The van der Waals surface area contributed by atoms with Crippen molar-refractivity contribution in [1.82, 2.24) is 20.0 Å². The van der Waals surface area contributed by atoms with Gasteiger partial charge in [0.15, 0.2) is 0 Å². The average Bonchev–Trinajstić information content (AvgIpc) is 3.24. The quantitative estimate of drug-likeness (QED) is 0.863. The first-order chi connectivity index (χ1) is 12.6. The van der Waals surface area contributed by atoms with Gasteiger partial charge < -0.3 is 10.0 Å². The maximum Gasteiger partial charge on any atom is 0.123 e. The molecular formula is C20H27FN4O. The monoisotopic (exact) mass is 358 g/mol. The molecule has 3 heterocycles. The Labute approximate surface area is 153 Å². The zero-order valence-corrected chi connectivity index (χ0v) is 15.1. The van der Waals surface area contributed by atoms with Gasteiger partial charge in [0, 0.05) is 37.3 Å². The summed E-state index contributed by atoms with van der Waals surface area (Å²) in [6.45, 7) is 5.32. The molecule has 5 nitrogen and oxygen atoms in total. The van der Waals surface area contributed by atoms with Crippen molar-refractivity contribution < 1.29 is 9.50 Å². The fourth-order valence-electron chi connectivity index (χ4n) is 4.28. The molecule has 2 aliphatic rings. The van der Waals surface area contributed by atoms with Crippen molar-refractivity contribution in [3.05, 3.63) is 41.8 Å². The van der Waals surface area contributed by atoms with Crippen LogP contribution in [0.2, 0.25) is 0 Å². The van der Waals surface area contributed by atoms with Crippen LogP contribution < -0.4 is 0 Å². The van der Waals surface area contributed by atoms with Crippen LogP contribution in [0.1, 0.15) is 31.2 Å². The number of benzene rings is 1. The number of nitrogens with zero attached hydrogens (tertiary/aromatic N) is 3. The van der Waals surface area contributed by atoms with E-state index in [1.165, 1.54) is 31.4 Å². The number of rotatable bonds is 5. The van der Waals surface area contributed by atoms with Crippen LogP contribution in [0, 0.1) is 5.82 Å². The molecule has 2 fully saturated rings. The van der Waals surface area contributed by atoms with E-state index in [1.54, 1.807) is 12.1 Å². The summed E-state index contributed by atoms with van der Waals surface area (Å²) >= 11 is 0. The summed E-state index contributed by atoms with van der Waals surface area (Å²) in [5.74, 6) is -0.239. The van der Waals surface area contributed by atoms with Gasteiger partial charge >= 0.3 is 0 Å². The Morgan fingerprint density at radius 1 is 1.08 bits per heavy atom. The molecule has 140 valence electrons. The molecule has 1 aromatic carbocycles. The lowest BCUT2D eigenvalue weighted by Crippen LogP contribution is -2.46. The van der Waals surface area contributed by atoms with Crippen LogP contribution in [-0.4, -0.2) is 63.4 Å². The molecule has 1 aromatic heterocycles. The Bertz CT molecular complexity index is 726. The fraction of sp³-hybridized carbons (Fsp3) is 0.550. The average molecular weight is 358 g/mol. The highest BCUT2D eigenvalue weighted by atomic mass is 19.1. The number of likely N-dealkylation sites (tertiary alicyclic amines) is 2. The van der Waals surface area contributed by atoms with Gasteiger partial charge in [0.05, 0.1) is 17.5 Å². The number of nitrogens with one attached hydrogen (secondary N) is 1. The second kappa shape index (κ2) is 7.47. The maximum absolute atomic E-state index is 13.2. The maximum atomic E-state index is 13.2. The highest BCUT2D eigenvalue weighted by molar-refractivity contribution is 5.62. The van der Waals surface area contributed by atoms with Gasteiger partial charge in [0.25, 0.3) is 0 Å². The number of hydrogen-bond donors (Lipinski definition) is 2. The van der Waals surface area contributed by atoms with Crippen LogP contribution in [0.4, 0.5) is 4.39 Å². The Morgan fingerprint density at radius 2 is 1.85 bits per heavy atom. The molecular weight excluding hydrogens is 331 g/mol. The molecule has 2 saturated heterocycles. The van der Waals surface area contributed by atoms with Crippen molar-refractivity contribution >= 4 is 0 Å². The summed E-state index contributed by atoms with van der Waals surface area (Å²) in [6.07, 6.45) is 6.45. The smallest absolute Gasteiger partial charge is 0.123 e. The molecule has 0 amide bonds. The molecule has 0 aliphatic carbocycles. The normalized spacial score (nSPS) is 25.0. The zero-order chi connectivity index (χ0) is 18.0. The summed E-state index contributed by atoms with van der Waals surface area (Å²) in [7, 11) is 0. The Hall–Kier alpha value is -1.76. The predicted octanol–water partition coefficient (Wildman–Crippen LogP) is 2.64. The standard InChI is InChI=1S/C20H27FN4O/c21-18-6-4-16(5-7-18)19-17(12-22-23-19)13-25-11-8-20(26,15-25)14-24-9-2-1-3-10-24/h4-7,12,26H,1-3,8-11,13-15H2,(H,22,23)/t20-/m0/s1. The highest BCUT2D eigenvalue weighted by Crippen LogP contribution is 2.28. The van der Waals surface area contributed by atoms with Crippen LogP contribution in [0.5, 0.6) is 0 Å². The molecule has 0 spiro atoms. The molecule has 0 unspecified atom stereocenters. The predicted molar refractivity (Wildman–Crippen MR) is 99.1 cm³/mol. The number of hydrogen-bond acceptors (Lipinski definition) is 4. The van der Waals surface area contributed by atoms with Gasteiger partial charge in [-0.15, -0.1) is 0 Å². The zero-order valence-electron chi connectivity index (χ0n) is 15.1. The largest absolute Gasteiger partial charge is 0.387 e. The minimum Gasteiger partial charge on any atom is -0.387 e. The summed E-state index contributed by atoms with van der Waals surface area (Å²) in [5, 5.41) is 18.2. The number of aliphatic hydroxyl groups is 1. The molecule has 4 rings (SSSR count). The molecule has 1 atom stereocenters. The topological polar surface area (TPSA) is 55.4 Å². The van der Waals surface area contributed by atoms with Gasteiger partial charge in [-0.05, 0) is 56.6 Å². The molecule has 26 heavy (non-hydrogen) atoms. The first-order valence-corrected chi connectivity index (χ1v) is 9.57. The van der Waals surface area contributed by atoms with Gasteiger partial charge in [-0.3, -0.25) is 10.00 Å². The molecule has 2 aromatic rings. The van der Waals surface area contributed by atoms with Crippen LogP contribution in [0.25, 0.3) is 11.3 Å². The number of halogens is 1. The first-order valence-electron chi connectivity index (χ1n) is 9.57. The van der Waals surface area contributed by atoms with E-state index < -0.39 is 5.60 Å². The van der Waals surface area contributed by atoms with Crippen molar-refractivity contribution in [2.24, 2.45) is 0 Å². The first kappa shape index (κ1) is 17.6. The van der Waals surface area contributed by atoms with E-state index in [9.17, 15) is 9.50 Å². The number of aromatic amines is 1. The van der Waals surface area contributed by atoms with Gasteiger partial charge in [0.1, 0.15) is 5.82 Å². The lowest BCUT2D eigenvalue weighted by Gasteiger charge is -2.33. The van der Waals surface area contributed by atoms with Crippen LogP contribution in [0.15, 0.2) is 30.5 Å². The van der Waals surface area contributed by atoms with Crippen molar-refractivity contribution in [3.8, 4) is 11.3 Å². The lowest BCUT2D eigenvalue weighted by atomic mass is 10.0. The van der Waals surface area contributed by atoms with Crippen LogP contribution >= 0.6 is 0 Å². The Balaban J connectivity index is 1.40. The Morgan fingerprint density at radius 3 is 2.62 bits per heavy atom. The van der Waals surface area contributed by atoms with E-state index in [-0.39, 0.29) is 5.82 Å². The number of aromatic nitrogens is 2. The molecule has 6 heteroatoms. The number of H-pyrrole nitrogens is 1. The van der Waals surface area contributed by atoms with Crippen molar-refractivity contribution in [1.29, 1.82) is 0 Å². The van der Waals surface area contributed by atoms with Gasteiger partial charge in [-0.1, -0.05) is 6.42 Å². The van der Waals surface area contributed by atoms with Gasteiger partial charge in [-0.2, -0.15) is 5.10 Å². The SMILES string of the molecule is O[C@]1(CN2CCCCC2)CCN(Cc2cn[nH]c2-c2ccc(F)cc2)C1. The third kappa shape index (κ3) is 3.98. The summed E-state index contributed by atoms with van der Waals surface area (Å²) in [4.78, 5) is 4.70. The lowest BCUT2D eigenvalue weighted by molar-refractivity contribution is 0.00636. The number of β-amino-alcohol motifs (C(OH)–C–C–N with tert-alkyl or cyclic N) is 1. The number of piperidine rings is 1. The minimum atomic E-state index is -0.614. The van der Waals surface area contributed by atoms with Crippen LogP contribution in [-0.2, 0) is 6.54 Å². The van der Waals surface area contributed by atoms with Crippen molar-refractivity contribution in [3.63, 3.8) is 0 Å². The van der Waals surface area contributed by atoms with E-state index in [0.29, 0.717) is 6.54 Å². The second-order valence-electron chi connectivity index (χ2n) is 7.80. The third-order valence-corrected chi connectivity index (χ3v) is 5.62. The highest BCUT2D eigenvalue weighted by Gasteiger charge is 2.37. The van der Waals surface area contributed by atoms with E-state index in [4.69, 9.17) is 0 Å². The van der Waals surface area contributed by atoms with Gasteiger partial charge in [0.2, 0.25) is 0 Å². The molecule has 0 saturated carbocycles. The minimum absolute atomic E-state index is 0.239. The van der Waals surface area contributed by atoms with E-state index in [0.717, 1.165) is 56.0 Å². The van der Waals surface area contributed by atoms with Crippen molar-refractivity contribution in [2.45, 2.75) is 37.8 Å².